The van der Waals surface area contributed by atoms with Gasteiger partial charge in [-0.3, -0.25) is 4.79 Å². The summed E-state index contributed by atoms with van der Waals surface area (Å²) in [6.07, 6.45) is 6.45. The maximum atomic E-state index is 13.2. The molecule has 0 amide bonds. The fourth-order valence-electron chi connectivity index (χ4n) is 3.35. The summed E-state index contributed by atoms with van der Waals surface area (Å²) in [6.45, 7) is 5.75. The van der Waals surface area contributed by atoms with Gasteiger partial charge < -0.3 is 4.57 Å². The van der Waals surface area contributed by atoms with Crippen molar-refractivity contribution in [3.8, 4) is 0 Å². The van der Waals surface area contributed by atoms with Crippen molar-refractivity contribution in [1.82, 2.24) is 0 Å². The largest absolute Gasteiger partial charge is 0.315 e. The Morgan fingerprint density at radius 3 is 1.81 bits per heavy atom. The fraction of sp³-hybridized carbons (Fsp3) is 0.923. The van der Waals surface area contributed by atoms with Gasteiger partial charge in [-0.1, -0.05) is 33.6 Å². The predicted molar refractivity (Wildman–Crippen MR) is 67.3 cm³/mol. The maximum absolute atomic E-state index is 13.2. The van der Waals surface area contributed by atoms with Crippen molar-refractivity contribution in [2.45, 2.75) is 70.6 Å². The molecule has 3 heteroatoms. The van der Waals surface area contributed by atoms with Crippen LogP contribution in [0.2, 0.25) is 0 Å². The Labute approximate surface area is 98.6 Å². The van der Waals surface area contributed by atoms with Crippen molar-refractivity contribution in [2.24, 2.45) is 5.41 Å². The first kappa shape index (κ1) is 12.4. The molecule has 0 aliphatic carbocycles. The van der Waals surface area contributed by atoms with Gasteiger partial charge in [-0.25, -0.2) is 0 Å². The molecular weight excluding hydrogens is 219 g/mol. The van der Waals surface area contributed by atoms with E-state index in [4.69, 9.17) is 0 Å². The SMILES string of the molecule is CC(C)(C)C(=O)P1(=O)C2CCCCC1CC2. The van der Waals surface area contributed by atoms with Crippen LogP contribution < -0.4 is 0 Å². The number of carbonyl (C=O) groups is 1. The third-order valence-corrected chi connectivity index (χ3v) is 8.71. The second-order valence-electron chi connectivity index (χ2n) is 6.43. The monoisotopic (exact) mass is 242 g/mol. The zero-order valence-corrected chi connectivity index (χ0v) is 11.6. The average molecular weight is 242 g/mol. The molecule has 2 aliphatic rings. The van der Waals surface area contributed by atoms with Gasteiger partial charge in [-0.05, 0) is 25.7 Å². The van der Waals surface area contributed by atoms with E-state index in [9.17, 15) is 9.36 Å². The van der Waals surface area contributed by atoms with E-state index in [1.807, 2.05) is 20.8 Å². The van der Waals surface area contributed by atoms with Crippen LogP contribution in [0.15, 0.2) is 0 Å². The maximum Gasteiger partial charge on any atom is 0.197 e. The Kier molecular flexibility index (Phi) is 3.07. The number of hydrogen-bond donors (Lipinski definition) is 0. The first-order valence-electron chi connectivity index (χ1n) is 6.51. The van der Waals surface area contributed by atoms with Crippen LogP contribution in [0.1, 0.15) is 59.3 Å². The lowest BCUT2D eigenvalue weighted by atomic mass is 9.99. The van der Waals surface area contributed by atoms with E-state index in [-0.39, 0.29) is 16.8 Å². The number of hydrogen-bond acceptors (Lipinski definition) is 2. The Balaban J connectivity index is 2.36. The highest BCUT2D eigenvalue weighted by atomic mass is 31.2. The Bertz CT molecular complexity index is 322. The average Bonchev–Trinajstić information content (AvgIpc) is 2.34. The van der Waals surface area contributed by atoms with Gasteiger partial charge in [-0.2, -0.15) is 0 Å². The van der Waals surface area contributed by atoms with E-state index in [0.717, 1.165) is 25.7 Å². The lowest BCUT2D eigenvalue weighted by Crippen LogP contribution is -2.26. The lowest BCUT2D eigenvalue weighted by Gasteiger charge is -2.28. The van der Waals surface area contributed by atoms with Gasteiger partial charge in [-0.15, -0.1) is 0 Å². The predicted octanol–water partition coefficient (Wildman–Crippen LogP) is 4.03. The molecule has 2 rings (SSSR count). The molecule has 0 aromatic rings. The van der Waals surface area contributed by atoms with Crippen molar-refractivity contribution >= 4 is 12.7 Å². The quantitative estimate of drug-likeness (QED) is 0.650. The van der Waals surface area contributed by atoms with Crippen LogP contribution in [-0.2, 0) is 9.36 Å². The molecule has 2 aliphatic heterocycles. The van der Waals surface area contributed by atoms with Crippen LogP contribution in [0.25, 0.3) is 0 Å². The summed E-state index contributed by atoms with van der Waals surface area (Å²) < 4.78 is 13.2. The summed E-state index contributed by atoms with van der Waals surface area (Å²) >= 11 is 0. The highest BCUT2D eigenvalue weighted by Crippen LogP contribution is 2.69. The summed E-state index contributed by atoms with van der Waals surface area (Å²) in [5.41, 5.74) is 0.105. The smallest absolute Gasteiger partial charge is 0.197 e. The van der Waals surface area contributed by atoms with Crippen LogP contribution >= 0.6 is 7.14 Å². The topological polar surface area (TPSA) is 34.1 Å². The molecule has 2 heterocycles. The second-order valence-corrected chi connectivity index (χ2v) is 9.72. The molecule has 2 fully saturated rings. The number of fused-ring (bicyclic) bond motifs is 2. The van der Waals surface area contributed by atoms with Crippen molar-refractivity contribution in [2.75, 3.05) is 0 Å². The van der Waals surface area contributed by atoms with Crippen LogP contribution in [0, 0.1) is 5.41 Å². The standard InChI is InChI=1S/C13H23O2P/c1-13(2,3)12(14)16(15)10-6-4-5-7-11(16)9-8-10/h10-11H,4-9H2,1-3H3. The molecule has 0 spiro atoms. The van der Waals surface area contributed by atoms with Crippen LogP contribution in [-0.4, -0.2) is 16.8 Å². The normalized spacial score (nSPS) is 39.4. The van der Waals surface area contributed by atoms with Gasteiger partial charge in [0.15, 0.2) is 12.7 Å². The van der Waals surface area contributed by atoms with Gasteiger partial charge in [0.05, 0.1) is 0 Å². The van der Waals surface area contributed by atoms with Gasteiger partial charge >= 0.3 is 0 Å². The minimum Gasteiger partial charge on any atom is -0.315 e. The highest BCUT2D eigenvalue weighted by Gasteiger charge is 2.53. The van der Waals surface area contributed by atoms with Gasteiger partial charge in [0.1, 0.15) is 0 Å². The zero-order valence-electron chi connectivity index (χ0n) is 10.7. The van der Waals surface area contributed by atoms with E-state index >= 15 is 0 Å². The summed E-state index contributed by atoms with van der Waals surface area (Å²) in [5.74, 6) is 0. The zero-order chi connectivity index (χ0) is 12.0. The molecule has 0 saturated carbocycles. The van der Waals surface area contributed by atoms with Crippen LogP contribution in [0.3, 0.4) is 0 Å². The summed E-state index contributed by atoms with van der Waals surface area (Å²) in [5, 5.41) is 0. The second kappa shape index (κ2) is 3.98. The minimum absolute atomic E-state index is 0.0781. The number of rotatable bonds is 1. The van der Waals surface area contributed by atoms with Crippen LogP contribution in [0.4, 0.5) is 0 Å². The summed E-state index contributed by atoms with van der Waals surface area (Å²) in [7, 11) is -2.58. The van der Waals surface area contributed by atoms with E-state index < -0.39 is 12.6 Å². The molecule has 2 atom stereocenters. The first-order valence-corrected chi connectivity index (χ1v) is 8.35. The van der Waals surface area contributed by atoms with Crippen LogP contribution in [0.5, 0.6) is 0 Å². The van der Waals surface area contributed by atoms with E-state index in [0.29, 0.717) is 0 Å². The van der Waals surface area contributed by atoms with Gasteiger partial charge in [0.2, 0.25) is 0 Å². The van der Waals surface area contributed by atoms with Gasteiger partial charge in [0.25, 0.3) is 0 Å². The molecule has 16 heavy (non-hydrogen) atoms. The molecule has 2 saturated heterocycles. The molecule has 0 N–H and O–H groups in total. The molecule has 0 aromatic carbocycles. The Hall–Kier alpha value is -0.100. The van der Waals surface area contributed by atoms with Crippen molar-refractivity contribution in [3.05, 3.63) is 0 Å². The minimum atomic E-state index is -2.58. The van der Waals surface area contributed by atoms with Crippen molar-refractivity contribution in [3.63, 3.8) is 0 Å². The van der Waals surface area contributed by atoms with E-state index in [2.05, 4.69) is 0 Å². The third-order valence-electron chi connectivity index (χ3n) is 4.20. The summed E-state index contributed by atoms with van der Waals surface area (Å²) in [4.78, 5) is 12.5. The van der Waals surface area contributed by atoms with Gasteiger partial charge in [0, 0.05) is 16.7 Å². The van der Waals surface area contributed by atoms with E-state index in [1.165, 1.54) is 12.8 Å². The lowest BCUT2D eigenvalue weighted by molar-refractivity contribution is -0.118. The molecule has 2 bridgehead atoms. The van der Waals surface area contributed by atoms with Crippen molar-refractivity contribution < 1.29 is 9.36 Å². The molecule has 0 aromatic heterocycles. The molecule has 92 valence electrons. The third kappa shape index (κ3) is 1.79. The first-order chi connectivity index (χ1) is 7.37. The molecular formula is C13H23O2P. The number of carbonyl (C=O) groups excluding carboxylic acids is 1. The molecule has 2 nitrogen and oxygen atoms in total. The van der Waals surface area contributed by atoms with Crippen molar-refractivity contribution in [1.29, 1.82) is 0 Å². The molecule has 2 unspecified atom stereocenters. The van der Waals surface area contributed by atoms with E-state index in [1.54, 1.807) is 0 Å². The Morgan fingerprint density at radius 2 is 1.44 bits per heavy atom. The molecule has 0 radical (unpaired) electrons. The highest BCUT2D eigenvalue weighted by molar-refractivity contribution is 7.82. The Morgan fingerprint density at radius 1 is 1.00 bits per heavy atom. The fourth-order valence-corrected chi connectivity index (χ4v) is 7.86. The summed E-state index contributed by atoms with van der Waals surface area (Å²) in [6, 6.07) is 0.